The Morgan fingerprint density at radius 1 is 1.32 bits per heavy atom. The van der Waals surface area contributed by atoms with Crippen LogP contribution >= 0.6 is 11.3 Å². The zero-order valence-electron chi connectivity index (χ0n) is 14.6. The van der Waals surface area contributed by atoms with Gasteiger partial charge in [0.05, 0.1) is 0 Å². The van der Waals surface area contributed by atoms with Gasteiger partial charge in [0.2, 0.25) is 0 Å². The molecular formula is C17H30N2O2S. The minimum Gasteiger partial charge on any atom is -0.444 e. The van der Waals surface area contributed by atoms with Crippen molar-refractivity contribution in [1.82, 2.24) is 10.6 Å². The Kier molecular flexibility index (Phi) is 7.36. The predicted molar refractivity (Wildman–Crippen MR) is 93.3 cm³/mol. The number of rotatable bonds is 7. The van der Waals surface area contributed by atoms with Crippen molar-refractivity contribution < 1.29 is 9.53 Å². The fourth-order valence-electron chi connectivity index (χ4n) is 2.27. The van der Waals surface area contributed by atoms with Crippen LogP contribution in [0, 0.1) is 5.92 Å². The predicted octanol–water partition coefficient (Wildman–Crippen LogP) is 4.34. The van der Waals surface area contributed by atoms with Crippen molar-refractivity contribution in [3.63, 3.8) is 0 Å². The number of carbonyl (C=O) groups excluding carboxylic acids is 1. The van der Waals surface area contributed by atoms with Crippen LogP contribution in [0.2, 0.25) is 0 Å². The third-order valence-electron chi connectivity index (χ3n) is 3.10. The molecule has 1 heterocycles. The molecule has 0 bridgehead atoms. The zero-order valence-corrected chi connectivity index (χ0v) is 15.4. The van der Waals surface area contributed by atoms with Gasteiger partial charge in [0.1, 0.15) is 5.60 Å². The maximum Gasteiger partial charge on any atom is 0.407 e. The van der Waals surface area contributed by atoms with E-state index in [1.165, 1.54) is 4.88 Å². The van der Waals surface area contributed by atoms with Gasteiger partial charge in [0.25, 0.3) is 0 Å². The number of alkyl carbamates (subject to hydrolysis) is 1. The first kappa shape index (κ1) is 19.0. The molecule has 2 atom stereocenters. The normalized spacial score (nSPS) is 14.7. The number of hydrogen-bond acceptors (Lipinski definition) is 4. The molecule has 1 amide bonds. The molecule has 22 heavy (non-hydrogen) atoms. The molecule has 2 unspecified atom stereocenters. The highest BCUT2D eigenvalue weighted by Crippen LogP contribution is 2.19. The summed E-state index contributed by atoms with van der Waals surface area (Å²) >= 11 is 1.75. The third-order valence-corrected chi connectivity index (χ3v) is 4.16. The average molecular weight is 327 g/mol. The van der Waals surface area contributed by atoms with Gasteiger partial charge in [-0.25, -0.2) is 4.79 Å². The second-order valence-electron chi connectivity index (χ2n) is 7.11. The van der Waals surface area contributed by atoms with Crippen LogP contribution in [-0.2, 0) is 4.74 Å². The van der Waals surface area contributed by atoms with Crippen LogP contribution in [0.5, 0.6) is 0 Å². The van der Waals surface area contributed by atoms with Crippen molar-refractivity contribution in [1.29, 1.82) is 0 Å². The molecule has 0 spiro atoms. The Hall–Kier alpha value is -1.07. The molecule has 0 radical (unpaired) electrons. The molecule has 4 nitrogen and oxygen atoms in total. The van der Waals surface area contributed by atoms with Gasteiger partial charge in [-0.15, -0.1) is 11.3 Å². The molecule has 1 aromatic heterocycles. The summed E-state index contributed by atoms with van der Waals surface area (Å²) in [5, 5.41) is 8.57. The topological polar surface area (TPSA) is 50.4 Å². The monoisotopic (exact) mass is 326 g/mol. The van der Waals surface area contributed by atoms with Gasteiger partial charge >= 0.3 is 6.09 Å². The maximum atomic E-state index is 11.8. The largest absolute Gasteiger partial charge is 0.444 e. The zero-order chi connectivity index (χ0) is 16.8. The maximum absolute atomic E-state index is 11.8. The lowest BCUT2D eigenvalue weighted by molar-refractivity contribution is 0.0520. The molecule has 1 aromatic rings. The van der Waals surface area contributed by atoms with Gasteiger partial charge in [-0.2, -0.15) is 0 Å². The first-order valence-corrected chi connectivity index (χ1v) is 8.81. The summed E-state index contributed by atoms with van der Waals surface area (Å²) in [6, 6.07) is 4.71. The van der Waals surface area contributed by atoms with Crippen LogP contribution in [0.4, 0.5) is 4.79 Å². The van der Waals surface area contributed by atoms with E-state index in [1.54, 1.807) is 11.3 Å². The van der Waals surface area contributed by atoms with Crippen LogP contribution in [0.25, 0.3) is 0 Å². The molecule has 5 heteroatoms. The quantitative estimate of drug-likeness (QED) is 0.784. The Morgan fingerprint density at radius 3 is 2.50 bits per heavy atom. The number of hydrogen-bond donors (Lipinski definition) is 2. The summed E-state index contributed by atoms with van der Waals surface area (Å²) in [7, 11) is 0. The Balaban J connectivity index is 2.52. The van der Waals surface area contributed by atoms with Crippen molar-refractivity contribution >= 4 is 17.4 Å². The van der Waals surface area contributed by atoms with E-state index in [2.05, 4.69) is 48.9 Å². The number of ether oxygens (including phenoxy) is 1. The summed E-state index contributed by atoms with van der Waals surface area (Å²) in [5.41, 5.74) is -0.463. The van der Waals surface area contributed by atoms with Crippen molar-refractivity contribution in [3.05, 3.63) is 22.4 Å². The summed E-state index contributed by atoms with van der Waals surface area (Å²) < 4.78 is 5.29. The van der Waals surface area contributed by atoms with Crippen molar-refractivity contribution in [2.24, 2.45) is 5.92 Å². The third kappa shape index (κ3) is 7.80. The molecule has 0 saturated carbocycles. The Labute approximate surface area is 138 Å². The molecule has 0 aromatic carbocycles. The fourth-order valence-corrected chi connectivity index (χ4v) is 3.02. The molecule has 0 saturated heterocycles. The van der Waals surface area contributed by atoms with Gasteiger partial charge in [0.15, 0.2) is 0 Å². The fraction of sp³-hybridized carbons (Fsp3) is 0.706. The highest BCUT2D eigenvalue weighted by atomic mass is 32.1. The second-order valence-corrected chi connectivity index (χ2v) is 8.09. The van der Waals surface area contributed by atoms with Crippen molar-refractivity contribution in [3.8, 4) is 0 Å². The lowest BCUT2D eigenvalue weighted by Gasteiger charge is -2.26. The first-order valence-electron chi connectivity index (χ1n) is 7.93. The van der Waals surface area contributed by atoms with E-state index < -0.39 is 5.60 Å². The summed E-state index contributed by atoms with van der Waals surface area (Å²) in [6.45, 7) is 12.7. The molecule has 126 valence electrons. The summed E-state index contributed by atoms with van der Waals surface area (Å²) in [5.74, 6) is 0.563. The van der Waals surface area contributed by atoms with E-state index in [-0.39, 0.29) is 18.2 Å². The van der Waals surface area contributed by atoms with E-state index in [9.17, 15) is 4.79 Å². The van der Waals surface area contributed by atoms with Gasteiger partial charge in [0, 0.05) is 23.5 Å². The smallest absolute Gasteiger partial charge is 0.407 e. The lowest BCUT2D eigenvalue weighted by Crippen LogP contribution is -2.44. The number of thiophene rings is 1. The minimum atomic E-state index is -0.463. The Bertz CT molecular complexity index is 438. The van der Waals surface area contributed by atoms with E-state index in [1.807, 2.05) is 20.8 Å². The molecule has 0 fully saturated rings. The van der Waals surface area contributed by atoms with E-state index >= 15 is 0 Å². The van der Waals surface area contributed by atoms with Gasteiger partial charge < -0.3 is 15.4 Å². The molecule has 0 aliphatic rings. The first-order chi connectivity index (χ1) is 10.2. The minimum absolute atomic E-state index is 0.226. The van der Waals surface area contributed by atoms with Gasteiger partial charge in [-0.1, -0.05) is 19.9 Å². The molecule has 2 N–H and O–H groups in total. The van der Waals surface area contributed by atoms with Crippen LogP contribution in [0.1, 0.15) is 58.9 Å². The number of nitrogens with one attached hydrogen (secondary N) is 2. The molecule has 0 aliphatic carbocycles. The van der Waals surface area contributed by atoms with E-state index in [4.69, 9.17) is 4.74 Å². The SMILES string of the molecule is CC(C)CC(CNC(=O)OC(C)(C)C)NC(C)c1cccs1. The van der Waals surface area contributed by atoms with E-state index in [0.717, 1.165) is 6.42 Å². The summed E-state index contributed by atoms with van der Waals surface area (Å²) in [6.07, 6.45) is 0.651. The number of carbonyl (C=O) groups is 1. The highest BCUT2D eigenvalue weighted by Gasteiger charge is 2.19. The molecule has 0 aliphatic heterocycles. The van der Waals surface area contributed by atoms with Crippen LogP contribution in [-0.4, -0.2) is 24.3 Å². The van der Waals surface area contributed by atoms with Crippen LogP contribution in [0.15, 0.2) is 17.5 Å². The highest BCUT2D eigenvalue weighted by molar-refractivity contribution is 7.10. The van der Waals surface area contributed by atoms with Crippen molar-refractivity contribution in [2.45, 2.75) is 65.6 Å². The average Bonchev–Trinajstić information content (AvgIpc) is 2.86. The van der Waals surface area contributed by atoms with E-state index in [0.29, 0.717) is 12.5 Å². The molecular weight excluding hydrogens is 296 g/mol. The van der Waals surface area contributed by atoms with Crippen molar-refractivity contribution in [2.75, 3.05) is 6.54 Å². The standard InChI is InChI=1S/C17H30N2O2S/c1-12(2)10-14(11-18-16(20)21-17(4,5)6)19-13(3)15-8-7-9-22-15/h7-9,12-14,19H,10-11H2,1-6H3,(H,18,20). The van der Waals surface area contributed by atoms with Gasteiger partial charge in [-0.3, -0.25) is 0 Å². The van der Waals surface area contributed by atoms with Crippen LogP contribution in [0.3, 0.4) is 0 Å². The lowest BCUT2D eigenvalue weighted by atomic mass is 10.0. The molecule has 1 rings (SSSR count). The second kappa shape index (κ2) is 8.53. The number of amides is 1. The summed E-state index contributed by atoms with van der Waals surface area (Å²) in [4.78, 5) is 13.1. The Morgan fingerprint density at radius 2 is 2.00 bits per heavy atom. The van der Waals surface area contributed by atoms with Gasteiger partial charge in [-0.05, 0) is 51.5 Å². The van der Waals surface area contributed by atoms with Crippen LogP contribution < -0.4 is 10.6 Å².